The lowest BCUT2D eigenvalue weighted by Gasteiger charge is -2.00. The van der Waals surface area contributed by atoms with Gasteiger partial charge in [-0.2, -0.15) is 0 Å². The van der Waals surface area contributed by atoms with Crippen LogP contribution in [0.2, 0.25) is 0 Å². The van der Waals surface area contributed by atoms with Crippen molar-refractivity contribution in [3.05, 3.63) is 67.3 Å². The minimum absolute atomic E-state index is 0.839. The molecule has 1 heteroatoms. The summed E-state index contributed by atoms with van der Waals surface area (Å²) in [5.74, 6) is 0. The Bertz CT molecular complexity index is 309. The maximum atomic E-state index is 3.59. The van der Waals surface area contributed by atoms with E-state index < -0.39 is 0 Å². The molecule has 0 radical (unpaired) electrons. The number of allylic oxidation sites excluding steroid dienone is 4. The highest BCUT2D eigenvalue weighted by Gasteiger charge is 1.83. The molecule has 0 atom stereocenters. The van der Waals surface area contributed by atoms with Crippen LogP contribution in [0.4, 0.5) is 5.69 Å². The molecule has 0 aliphatic heterocycles. The number of hydrogen-bond donors (Lipinski definition) is 1. The van der Waals surface area contributed by atoms with Gasteiger partial charge in [0.1, 0.15) is 0 Å². The summed E-state index contributed by atoms with van der Waals surface area (Å²) in [7, 11) is 0. The molecule has 0 saturated heterocycles. The largest absolute Gasteiger partial charge is 0.382 e. The van der Waals surface area contributed by atoms with E-state index in [-0.39, 0.29) is 0 Å². The monoisotopic (exact) mass is 215 g/mol. The summed E-state index contributed by atoms with van der Waals surface area (Å²) in [5, 5.41) is 3.28. The second kappa shape index (κ2) is 11.3. The number of nitrogens with one attached hydrogen (secondary N) is 1. The summed E-state index contributed by atoms with van der Waals surface area (Å²) in [4.78, 5) is 0. The van der Waals surface area contributed by atoms with E-state index in [1.54, 1.807) is 6.08 Å². The van der Waals surface area contributed by atoms with E-state index in [9.17, 15) is 0 Å². The van der Waals surface area contributed by atoms with Crippen molar-refractivity contribution in [1.29, 1.82) is 0 Å². The molecular formula is C15H21N. The second-order valence-corrected chi connectivity index (χ2v) is 2.80. The lowest BCUT2D eigenvalue weighted by molar-refractivity contribution is 1.33. The van der Waals surface area contributed by atoms with Crippen LogP contribution < -0.4 is 5.32 Å². The van der Waals surface area contributed by atoms with Crippen LogP contribution in [0.5, 0.6) is 0 Å². The third kappa shape index (κ3) is 7.63. The van der Waals surface area contributed by atoms with Crippen LogP contribution in [0.1, 0.15) is 13.8 Å². The van der Waals surface area contributed by atoms with E-state index in [0.29, 0.717) is 0 Å². The second-order valence-electron chi connectivity index (χ2n) is 2.80. The van der Waals surface area contributed by atoms with Gasteiger partial charge in [0.05, 0.1) is 0 Å². The lowest BCUT2D eigenvalue weighted by atomic mass is 10.3. The van der Waals surface area contributed by atoms with Crippen LogP contribution in [0.25, 0.3) is 0 Å². The Morgan fingerprint density at radius 2 is 1.75 bits per heavy atom. The lowest BCUT2D eigenvalue weighted by Crippen LogP contribution is -1.96. The Morgan fingerprint density at radius 3 is 2.38 bits per heavy atom. The summed E-state index contributed by atoms with van der Waals surface area (Å²) in [6, 6.07) is 10.1. The van der Waals surface area contributed by atoms with Gasteiger partial charge in [-0.05, 0) is 12.1 Å². The van der Waals surface area contributed by atoms with Gasteiger partial charge in [-0.1, -0.05) is 69.0 Å². The third-order valence-electron chi connectivity index (χ3n) is 1.69. The Hall–Kier alpha value is -1.76. The number of para-hydroxylation sites is 1. The molecule has 0 unspecified atom stereocenters. The zero-order valence-electron chi connectivity index (χ0n) is 10.2. The first-order valence-corrected chi connectivity index (χ1v) is 5.66. The number of benzene rings is 1. The summed E-state index contributed by atoms with van der Waals surface area (Å²) in [5.41, 5.74) is 1.14. The highest BCUT2D eigenvalue weighted by molar-refractivity contribution is 5.42. The molecule has 0 spiro atoms. The van der Waals surface area contributed by atoms with Gasteiger partial charge in [-0.25, -0.2) is 0 Å². The van der Waals surface area contributed by atoms with E-state index in [0.717, 1.165) is 12.2 Å². The Morgan fingerprint density at radius 1 is 1.06 bits per heavy atom. The van der Waals surface area contributed by atoms with E-state index in [1.165, 1.54) is 0 Å². The van der Waals surface area contributed by atoms with Crippen LogP contribution in [0.15, 0.2) is 67.3 Å². The fourth-order valence-corrected chi connectivity index (χ4v) is 1.02. The zero-order chi connectivity index (χ0) is 12.1. The van der Waals surface area contributed by atoms with E-state index >= 15 is 0 Å². The van der Waals surface area contributed by atoms with Crippen molar-refractivity contribution >= 4 is 5.69 Å². The average Bonchev–Trinajstić information content (AvgIpc) is 2.37. The Kier molecular flexibility index (Phi) is 10.1. The molecule has 0 aliphatic carbocycles. The summed E-state index contributed by atoms with van der Waals surface area (Å²) >= 11 is 0. The minimum atomic E-state index is 0.839. The van der Waals surface area contributed by atoms with Crippen LogP contribution >= 0.6 is 0 Å². The molecule has 86 valence electrons. The average molecular weight is 215 g/mol. The van der Waals surface area contributed by atoms with Gasteiger partial charge < -0.3 is 5.32 Å². The molecule has 16 heavy (non-hydrogen) atoms. The highest BCUT2D eigenvalue weighted by atomic mass is 14.8. The zero-order valence-corrected chi connectivity index (χ0v) is 10.2. The first kappa shape index (κ1) is 14.2. The van der Waals surface area contributed by atoms with Crippen LogP contribution in [-0.2, 0) is 0 Å². The van der Waals surface area contributed by atoms with Crippen molar-refractivity contribution in [2.45, 2.75) is 13.8 Å². The molecule has 1 N–H and O–H groups in total. The Balaban J connectivity index is 0.00000106. The van der Waals surface area contributed by atoms with E-state index in [4.69, 9.17) is 0 Å². The first-order chi connectivity index (χ1) is 7.93. The molecule has 0 amide bonds. The minimum Gasteiger partial charge on any atom is -0.382 e. The molecule has 0 bridgehead atoms. The molecule has 0 heterocycles. The van der Waals surface area contributed by atoms with Crippen molar-refractivity contribution in [3.63, 3.8) is 0 Å². The predicted molar refractivity (Wildman–Crippen MR) is 74.8 cm³/mol. The Labute approximate surface area is 99.2 Å². The van der Waals surface area contributed by atoms with E-state index in [1.807, 2.05) is 62.4 Å². The van der Waals surface area contributed by atoms with Crippen molar-refractivity contribution < 1.29 is 0 Å². The van der Waals surface area contributed by atoms with Crippen LogP contribution in [-0.4, -0.2) is 6.54 Å². The van der Waals surface area contributed by atoms with Crippen molar-refractivity contribution in [2.24, 2.45) is 0 Å². The molecule has 0 aromatic heterocycles. The fourth-order valence-electron chi connectivity index (χ4n) is 1.02. The number of anilines is 1. The van der Waals surface area contributed by atoms with E-state index in [2.05, 4.69) is 18.0 Å². The molecule has 0 saturated carbocycles. The third-order valence-corrected chi connectivity index (χ3v) is 1.69. The van der Waals surface area contributed by atoms with Crippen molar-refractivity contribution in [2.75, 3.05) is 11.9 Å². The highest BCUT2D eigenvalue weighted by Crippen LogP contribution is 2.03. The molecule has 1 aromatic rings. The number of rotatable bonds is 5. The maximum absolute atomic E-state index is 3.59. The topological polar surface area (TPSA) is 12.0 Å². The molecule has 0 aliphatic rings. The molecule has 1 rings (SSSR count). The summed E-state index contributed by atoms with van der Waals surface area (Å²) in [6.07, 6.45) is 9.68. The SMILES string of the molecule is C=C/C=C\C=C/CNc1ccccc1.CC. The molecule has 1 nitrogen and oxygen atoms in total. The van der Waals surface area contributed by atoms with Gasteiger partial charge in [-0.15, -0.1) is 0 Å². The standard InChI is InChI=1S/C13H15N.C2H6/c1-2-3-4-5-9-12-14-13-10-7-6-8-11-13;1-2/h2-11,14H,1,12H2;1-2H3/b4-3-,9-5-;. The molecule has 1 aromatic carbocycles. The number of hydrogen-bond acceptors (Lipinski definition) is 1. The van der Waals surface area contributed by atoms with Crippen molar-refractivity contribution in [1.82, 2.24) is 0 Å². The van der Waals surface area contributed by atoms with Gasteiger partial charge in [-0.3, -0.25) is 0 Å². The fraction of sp³-hybridized carbons (Fsp3) is 0.200. The van der Waals surface area contributed by atoms with Gasteiger partial charge >= 0.3 is 0 Å². The summed E-state index contributed by atoms with van der Waals surface area (Å²) < 4.78 is 0. The normalized spacial score (nSPS) is 9.88. The maximum Gasteiger partial charge on any atom is 0.0342 e. The summed E-state index contributed by atoms with van der Waals surface area (Å²) in [6.45, 7) is 8.43. The van der Waals surface area contributed by atoms with Gasteiger partial charge in [0.2, 0.25) is 0 Å². The van der Waals surface area contributed by atoms with Crippen LogP contribution in [0.3, 0.4) is 0 Å². The smallest absolute Gasteiger partial charge is 0.0342 e. The van der Waals surface area contributed by atoms with Crippen LogP contribution in [0, 0.1) is 0 Å². The quantitative estimate of drug-likeness (QED) is 0.717. The van der Waals surface area contributed by atoms with Gasteiger partial charge in [0.15, 0.2) is 0 Å². The molecular weight excluding hydrogens is 194 g/mol. The predicted octanol–water partition coefficient (Wildman–Crippen LogP) is 4.42. The van der Waals surface area contributed by atoms with Gasteiger partial charge in [0.25, 0.3) is 0 Å². The molecule has 0 fully saturated rings. The first-order valence-electron chi connectivity index (χ1n) is 5.66. The van der Waals surface area contributed by atoms with Gasteiger partial charge in [0, 0.05) is 12.2 Å². The van der Waals surface area contributed by atoms with Crippen molar-refractivity contribution in [3.8, 4) is 0 Å².